The van der Waals surface area contributed by atoms with Crippen molar-refractivity contribution in [3.63, 3.8) is 0 Å². The van der Waals surface area contributed by atoms with E-state index in [1.807, 2.05) is 30.3 Å². The van der Waals surface area contributed by atoms with E-state index < -0.39 is 5.97 Å². The number of rotatable bonds is 8. The first-order valence-electron chi connectivity index (χ1n) is 9.02. The molecular weight excluding hydrogens is 374 g/mol. The lowest BCUT2D eigenvalue weighted by Crippen LogP contribution is -2.09. The van der Waals surface area contributed by atoms with Gasteiger partial charge in [0.2, 0.25) is 11.6 Å². The number of hydrogen-bond donors (Lipinski definition) is 0. The van der Waals surface area contributed by atoms with Crippen LogP contribution in [0.3, 0.4) is 0 Å². The molecule has 0 fully saturated rings. The molecule has 152 valence electrons. The summed E-state index contributed by atoms with van der Waals surface area (Å²) in [6, 6.07) is 13.0. The number of oxazole rings is 1. The second kappa shape index (κ2) is 9.14. The minimum Gasteiger partial charge on any atom is -0.493 e. The predicted molar refractivity (Wildman–Crippen MR) is 106 cm³/mol. The van der Waals surface area contributed by atoms with Crippen molar-refractivity contribution in [1.82, 2.24) is 4.98 Å². The van der Waals surface area contributed by atoms with Crippen molar-refractivity contribution in [2.24, 2.45) is 0 Å². The molecule has 0 saturated carbocycles. The molecule has 0 bridgehead atoms. The average Bonchev–Trinajstić information content (AvgIpc) is 3.12. The first-order valence-corrected chi connectivity index (χ1v) is 9.02. The van der Waals surface area contributed by atoms with E-state index in [0.717, 1.165) is 5.56 Å². The van der Waals surface area contributed by atoms with Crippen LogP contribution >= 0.6 is 0 Å². The van der Waals surface area contributed by atoms with Crippen LogP contribution in [-0.2, 0) is 22.6 Å². The maximum atomic E-state index is 12.3. The van der Waals surface area contributed by atoms with E-state index in [-0.39, 0.29) is 13.0 Å². The molecule has 0 unspecified atom stereocenters. The van der Waals surface area contributed by atoms with E-state index in [0.29, 0.717) is 40.2 Å². The second-order valence-electron chi connectivity index (χ2n) is 6.26. The van der Waals surface area contributed by atoms with E-state index in [1.165, 1.54) is 21.3 Å². The van der Waals surface area contributed by atoms with Crippen molar-refractivity contribution in [2.75, 3.05) is 21.3 Å². The molecule has 3 aromatic rings. The molecule has 7 heteroatoms. The fourth-order valence-corrected chi connectivity index (χ4v) is 2.87. The van der Waals surface area contributed by atoms with Gasteiger partial charge in [0.05, 0.1) is 27.8 Å². The number of benzene rings is 2. The minimum atomic E-state index is -0.400. The van der Waals surface area contributed by atoms with E-state index in [4.69, 9.17) is 23.4 Å². The van der Waals surface area contributed by atoms with Crippen LogP contribution in [0.4, 0.5) is 0 Å². The van der Waals surface area contributed by atoms with Gasteiger partial charge >= 0.3 is 5.97 Å². The van der Waals surface area contributed by atoms with Gasteiger partial charge in [-0.1, -0.05) is 18.2 Å². The van der Waals surface area contributed by atoms with Crippen LogP contribution in [0, 0.1) is 6.92 Å². The molecule has 3 rings (SSSR count). The summed E-state index contributed by atoms with van der Waals surface area (Å²) in [5, 5.41) is 0. The Morgan fingerprint density at radius 2 is 1.66 bits per heavy atom. The first-order chi connectivity index (χ1) is 14.0. The largest absolute Gasteiger partial charge is 0.493 e. The Hall–Kier alpha value is -3.48. The van der Waals surface area contributed by atoms with Crippen LogP contribution in [0.25, 0.3) is 11.5 Å². The van der Waals surface area contributed by atoms with E-state index in [2.05, 4.69) is 4.98 Å². The first kappa shape index (κ1) is 20.3. The molecule has 0 atom stereocenters. The van der Waals surface area contributed by atoms with Gasteiger partial charge in [-0.15, -0.1) is 0 Å². The smallest absolute Gasteiger partial charge is 0.310 e. The standard InChI is InChI=1S/C22H23NO6/c1-14-17(23-22(29-14)16-8-6-5-7-9-16)13-28-20(24)12-15-10-18(25-2)21(27-4)19(11-15)26-3/h5-11H,12-13H2,1-4H3. The molecule has 0 aliphatic heterocycles. The zero-order chi connectivity index (χ0) is 20.8. The van der Waals surface area contributed by atoms with Crippen LogP contribution < -0.4 is 14.2 Å². The number of carbonyl (C=O) groups is 1. The monoisotopic (exact) mass is 397 g/mol. The molecule has 0 spiro atoms. The van der Waals surface area contributed by atoms with Gasteiger partial charge in [0.1, 0.15) is 18.1 Å². The van der Waals surface area contributed by atoms with Crippen LogP contribution in [0.5, 0.6) is 17.2 Å². The fraction of sp³-hybridized carbons (Fsp3) is 0.273. The molecule has 7 nitrogen and oxygen atoms in total. The third-order valence-corrected chi connectivity index (χ3v) is 4.36. The SMILES string of the molecule is COc1cc(CC(=O)OCc2nc(-c3ccccc3)oc2C)cc(OC)c1OC. The number of aryl methyl sites for hydroxylation is 1. The summed E-state index contributed by atoms with van der Waals surface area (Å²) in [4.78, 5) is 16.8. The van der Waals surface area contributed by atoms with Crippen molar-refractivity contribution in [3.8, 4) is 28.7 Å². The lowest BCUT2D eigenvalue weighted by molar-refractivity contribution is -0.144. The third kappa shape index (κ3) is 4.68. The van der Waals surface area contributed by atoms with Crippen LogP contribution in [0.2, 0.25) is 0 Å². The lowest BCUT2D eigenvalue weighted by atomic mass is 10.1. The molecule has 0 aliphatic carbocycles. The Bertz CT molecular complexity index is 955. The Kier molecular flexibility index (Phi) is 6.39. The predicted octanol–water partition coefficient (Wildman–Crippen LogP) is 3.96. The van der Waals surface area contributed by atoms with Gasteiger partial charge in [0.15, 0.2) is 11.5 Å². The zero-order valence-electron chi connectivity index (χ0n) is 16.9. The topological polar surface area (TPSA) is 80.0 Å². The summed E-state index contributed by atoms with van der Waals surface area (Å²) in [7, 11) is 4.58. The number of hydrogen-bond acceptors (Lipinski definition) is 7. The lowest BCUT2D eigenvalue weighted by Gasteiger charge is -2.13. The van der Waals surface area contributed by atoms with Gasteiger partial charge in [-0.2, -0.15) is 0 Å². The van der Waals surface area contributed by atoms with Crippen molar-refractivity contribution < 1.29 is 28.2 Å². The van der Waals surface area contributed by atoms with Crippen LogP contribution in [0.1, 0.15) is 17.0 Å². The number of esters is 1. The zero-order valence-corrected chi connectivity index (χ0v) is 16.9. The summed E-state index contributed by atoms with van der Waals surface area (Å²) in [5.41, 5.74) is 2.14. The van der Waals surface area contributed by atoms with E-state index in [9.17, 15) is 4.79 Å². The highest BCUT2D eigenvalue weighted by molar-refractivity contribution is 5.73. The van der Waals surface area contributed by atoms with Gasteiger partial charge in [0.25, 0.3) is 0 Å². The van der Waals surface area contributed by atoms with Gasteiger partial charge in [-0.25, -0.2) is 4.98 Å². The minimum absolute atomic E-state index is 0.0332. The fourth-order valence-electron chi connectivity index (χ4n) is 2.87. The Balaban J connectivity index is 1.67. The van der Waals surface area contributed by atoms with Gasteiger partial charge in [0, 0.05) is 5.56 Å². The number of carbonyl (C=O) groups excluding carboxylic acids is 1. The summed E-state index contributed by atoms with van der Waals surface area (Å²) in [5.74, 6) is 2.15. The molecule has 0 radical (unpaired) electrons. The second-order valence-corrected chi connectivity index (χ2v) is 6.26. The number of methoxy groups -OCH3 is 3. The molecule has 0 amide bonds. The molecule has 0 N–H and O–H groups in total. The maximum absolute atomic E-state index is 12.3. The van der Waals surface area contributed by atoms with Crippen molar-refractivity contribution in [1.29, 1.82) is 0 Å². The van der Waals surface area contributed by atoms with Gasteiger partial charge in [-0.3, -0.25) is 4.79 Å². The molecule has 0 saturated heterocycles. The summed E-state index contributed by atoms with van der Waals surface area (Å²) in [6.45, 7) is 1.83. The highest BCUT2D eigenvalue weighted by Crippen LogP contribution is 2.38. The van der Waals surface area contributed by atoms with E-state index >= 15 is 0 Å². The molecule has 0 aliphatic rings. The van der Waals surface area contributed by atoms with Crippen molar-refractivity contribution in [2.45, 2.75) is 20.0 Å². The molecule has 1 aromatic heterocycles. The number of nitrogens with zero attached hydrogens (tertiary/aromatic N) is 1. The highest BCUT2D eigenvalue weighted by Gasteiger charge is 2.17. The third-order valence-electron chi connectivity index (χ3n) is 4.36. The van der Waals surface area contributed by atoms with Crippen molar-refractivity contribution >= 4 is 5.97 Å². The molecule has 1 heterocycles. The molecular formula is C22H23NO6. The van der Waals surface area contributed by atoms with Crippen LogP contribution in [-0.4, -0.2) is 32.3 Å². The van der Waals surface area contributed by atoms with Crippen molar-refractivity contribution in [3.05, 3.63) is 59.5 Å². The maximum Gasteiger partial charge on any atom is 0.310 e. The number of ether oxygens (including phenoxy) is 4. The highest BCUT2D eigenvalue weighted by atomic mass is 16.5. The normalized spacial score (nSPS) is 10.5. The van der Waals surface area contributed by atoms with E-state index in [1.54, 1.807) is 19.1 Å². The molecule has 2 aromatic carbocycles. The number of aromatic nitrogens is 1. The van der Waals surface area contributed by atoms with Gasteiger partial charge in [-0.05, 0) is 36.8 Å². The summed E-state index contributed by atoms with van der Waals surface area (Å²) in [6.07, 6.45) is 0.0547. The summed E-state index contributed by atoms with van der Waals surface area (Å²) < 4.78 is 27.0. The van der Waals surface area contributed by atoms with Crippen LogP contribution in [0.15, 0.2) is 46.9 Å². The Morgan fingerprint density at radius 1 is 1.00 bits per heavy atom. The Morgan fingerprint density at radius 3 is 2.24 bits per heavy atom. The average molecular weight is 397 g/mol. The quantitative estimate of drug-likeness (QED) is 0.532. The van der Waals surface area contributed by atoms with Gasteiger partial charge < -0.3 is 23.4 Å². The Labute approximate surface area is 169 Å². The molecule has 29 heavy (non-hydrogen) atoms. The summed E-state index contributed by atoms with van der Waals surface area (Å²) >= 11 is 0.